The van der Waals surface area contributed by atoms with Crippen LogP contribution in [0.5, 0.6) is 11.5 Å². The first kappa shape index (κ1) is 18.6. The van der Waals surface area contributed by atoms with E-state index < -0.39 is 0 Å². The highest BCUT2D eigenvalue weighted by Crippen LogP contribution is 2.42. The molecule has 4 aromatic rings. The molecule has 6 nitrogen and oxygen atoms in total. The average molecular weight is 437 g/mol. The number of aryl methyl sites for hydroxylation is 2. The molecule has 8 heteroatoms. The van der Waals surface area contributed by atoms with Crippen LogP contribution < -0.4 is 9.47 Å². The highest BCUT2D eigenvalue weighted by atomic mass is 35.5. The van der Waals surface area contributed by atoms with Crippen LogP contribution >= 0.6 is 11.6 Å². The van der Waals surface area contributed by atoms with Gasteiger partial charge in [-0.1, -0.05) is 11.6 Å². The number of aromatic nitrogens is 4. The van der Waals surface area contributed by atoms with Crippen LogP contribution in [0.1, 0.15) is 28.4 Å². The van der Waals surface area contributed by atoms with Gasteiger partial charge in [-0.3, -0.25) is 9.38 Å². The fourth-order valence-corrected chi connectivity index (χ4v) is 4.83. The molecule has 0 aliphatic carbocycles. The summed E-state index contributed by atoms with van der Waals surface area (Å²) in [6.07, 6.45) is 4.50. The van der Waals surface area contributed by atoms with E-state index in [1.54, 1.807) is 18.6 Å². The van der Waals surface area contributed by atoms with E-state index in [9.17, 15) is 4.39 Å². The SMILES string of the molecule is Cc1nccc(-c2cc3c(n4cnnc24)CCc2c(F)ccc4c2[C@H](CO4)CO3)c1Cl. The Bertz CT molecular complexity index is 1350. The lowest BCUT2D eigenvalue weighted by atomic mass is 9.93. The minimum atomic E-state index is -0.201. The van der Waals surface area contributed by atoms with Gasteiger partial charge in [0, 0.05) is 22.9 Å². The van der Waals surface area contributed by atoms with Crippen molar-refractivity contribution in [1.29, 1.82) is 0 Å². The van der Waals surface area contributed by atoms with Crippen molar-refractivity contribution in [3.05, 3.63) is 70.1 Å². The summed E-state index contributed by atoms with van der Waals surface area (Å²) in [6.45, 7) is 2.75. The van der Waals surface area contributed by atoms with Gasteiger partial charge in [-0.15, -0.1) is 10.2 Å². The van der Waals surface area contributed by atoms with Gasteiger partial charge in [0.05, 0.1) is 35.5 Å². The monoisotopic (exact) mass is 436 g/mol. The van der Waals surface area contributed by atoms with Crippen molar-refractivity contribution < 1.29 is 13.9 Å². The first-order valence-electron chi connectivity index (χ1n) is 10.2. The maximum atomic E-state index is 14.7. The summed E-state index contributed by atoms with van der Waals surface area (Å²) in [7, 11) is 0. The highest BCUT2D eigenvalue weighted by molar-refractivity contribution is 6.34. The zero-order valence-electron chi connectivity index (χ0n) is 16.7. The Balaban J connectivity index is 1.54. The quantitative estimate of drug-likeness (QED) is 0.438. The van der Waals surface area contributed by atoms with E-state index in [0.29, 0.717) is 42.3 Å². The summed E-state index contributed by atoms with van der Waals surface area (Å²) >= 11 is 6.57. The molecule has 6 rings (SSSR count). The van der Waals surface area contributed by atoms with E-state index in [2.05, 4.69) is 15.2 Å². The standard InChI is InChI=1S/C23H18ClFN4O2/c1-12-22(24)14(6-7-26-12)16-8-20-18(29-11-27-28-23(16)29)4-2-15-17(25)3-5-19-21(15)13(9-30-19)10-31-20/h3,5-8,11,13H,2,4,9-10H2,1H3/t13-/m1/s1. The van der Waals surface area contributed by atoms with Crippen molar-refractivity contribution >= 4 is 17.2 Å². The lowest BCUT2D eigenvalue weighted by Gasteiger charge is -2.17. The van der Waals surface area contributed by atoms with E-state index in [-0.39, 0.29) is 11.7 Å². The van der Waals surface area contributed by atoms with Crippen molar-refractivity contribution in [1.82, 2.24) is 19.6 Å². The molecule has 156 valence electrons. The topological polar surface area (TPSA) is 61.5 Å². The van der Waals surface area contributed by atoms with Crippen molar-refractivity contribution in [2.75, 3.05) is 13.2 Å². The maximum Gasteiger partial charge on any atom is 0.169 e. The van der Waals surface area contributed by atoms with Crippen LogP contribution in [0.2, 0.25) is 5.02 Å². The van der Waals surface area contributed by atoms with Crippen molar-refractivity contribution in [2.45, 2.75) is 25.7 Å². The molecule has 0 amide bonds. The van der Waals surface area contributed by atoms with E-state index in [1.807, 2.05) is 23.5 Å². The molecule has 0 radical (unpaired) electrons. The van der Waals surface area contributed by atoms with Crippen LogP contribution in [0.4, 0.5) is 4.39 Å². The Morgan fingerprint density at radius 3 is 2.81 bits per heavy atom. The van der Waals surface area contributed by atoms with Crippen LogP contribution in [-0.2, 0) is 12.8 Å². The smallest absolute Gasteiger partial charge is 0.169 e. The molecule has 31 heavy (non-hydrogen) atoms. The third-order valence-corrected chi connectivity index (χ3v) is 6.63. The molecule has 0 bridgehead atoms. The molecule has 0 fully saturated rings. The summed E-state index contributed by atoms with van der Waals surface area (Å²) < 4.78 is 28.8. The normalized spacial score (nSPS) is 17.2. The Labute approximate surface area is 182 Å². The first-order valence-corrected chi connectivity index (χ1v) is 10.5. The van der Waals surface area contributed by atoms with Crippen LogP contribution in [0.15, 0.2) is 36.8 Å². The highest BCUT2D eigenvalue weighted by Gasteiger charge is 2.31. The van der Waals surface area contributed by atoms with Gasteiger partial charge >= 0.3 is 0 Å². The molecule has 0 saturated carbocycles. The zero-order valence-corrected chi connectivity index (χ0v) is 17.5. The van der Waals surface area contributed by atoms with Crippen LogP contribution in [0.3, 0.4) is 0 Å². The molecule has 3 aromatic heterocycles. The maximum absolute atomic E-state index is 14.7. The number of nitrogens with zero attached hydrogens (tertiary/aromatic N) is 4. The molecule has 2 aliphatic heterocycles. The number of rotatable bonds is 1. The molecule has 0 spiro atoms. The fraction of sp³-hybridized carbons (Fsp3) is 0.261. The molecule has 0 N–H and O–H groups in total. The van der Waals surface area contributed by atoms with E-state index in [4.69, 9.17) is 21.1 Å². The van der Waals surface area contributed by atoms with Crippen LogP contribution in [0, 0.1) is 12.7 Å². The molecule has 5 heterocycles. The van der Waals surface area contributed by atoms with E-state index >= 15 is 0 Å². The van der Waals surface area contributed by atoms with E-state index in [1.165, 1.54) is 6.07 Å². The molecule has 1 aromatic carbocycles. The predicted octanol–water partition coefficient (Wildman–Crippen LogP) is 4.55. The summed E-state index contributed by atoms with van der Waals surface area (Å²) in [6, 6.07) is 7.02. The second-order valence-corrected chi connectivity index (χ2v) is 8.29. The van der Waals surface area contributed by atoms with Crippen molar-refractivity contribution in [2.24, 2.45) is 0 Å². The Morgan fingerprint density at radius 1 is 1.10 bits per heavy atom. The van der Waals surface area contributed by atoms with Gasteiger partial charge in [0.15, 0.2) is 5.65 Å². The van der Waals surface area contributed by atoms with Gasteiger partial charge in [0.25, 0.3) is 0 Å². The molecular weight excluding hydrogens is 419 g/mol. The number of ether oxygens (including phenoxy) is 2. The average Bonchev–Trinajstić information content (AvgIpc) is 3.41. The number of hydrogen-bond donors (Lipinski definition) is 0. The molecule has 0 saturated heterocycles. The number of fused-ring (bicyclic) bond motifs is 3. The van der Waals surface area contributed by atoms with Crippen molar-refractivity contribution in [3.8, 4) is 22.6 Å². The molecule has 2 aliphatic rings. The lowest BCUT2D eigenvalue weighted by molar-refractivity contribution is 0.246. The summed E-state index contributed by atoms with van der Waals surface area (Å²) in [4.78, 5) is 4.26. The lowest BCUT2D eigenvalue weighted by Crippen LogP contribution is -2.13. The van der Waals surface area contributed by atoms with Crippen molar-refractivity contribution in [3.63, 3.8) is 0 Å². The third kappa shape index (κ3) is 2.80. The number of hydrogen-bond acceptors (Lipinski definition) is 5. The molecule has 0 unspecified atom stereocenters. The van der Waals surface area contributed by atoms with E-state index in [0.717, 1.165) is 39.6 Å². The number of pyridine rings is 2. The summed E-state index contributed by atoms with van der Waals surface area (Å²) in [5.41, 5.74) is 5.59. The third-order valence-electron chi connectivity index (χ3n) is 6.15. The second-order valence-electron chi connectivity index (χ2n) is 7.91. The van der Waals surface area contributed by atoms with Gasteiger partial charge in [-0.25, -0.2) is 4.39 Å². The predicted molar refractivity (Wildman–Crippen MR) is 114 cm³/mol. The largest absolute Gasteiger partial charge is 0.493 e. The summed E-state index contributed by atoms with van der Waals surface area (Å²) in [5, 5.41) is 9.04. The molecular formula is C23H18ClFN4O2. The number of benzene rings is 1. The minimum Gasteiger partial charge on any atom is -0.493 e. The second kappa shape index (κ2) is 6.92. The Kier molecular flexibility index (Phi) is 4.14. The van der Waals surface area contributed by atoms with Crippen LogP contribution in [0.25, 0.3) is 16.8 Å². The zero-order chi connectivity index (χ0) is 21.1. The minimum absolute atomic E-state index is 0.0153. The van der Waals surface area contributed by atoms with Gasteiger partial charge in [0.2, 0.25) is 0 Å². The first-order chi connectivity index (χ1) is 15.1. The number of halogens is 2. The fourth-order valence-electron chi connectivity index (χ4n) is 4.62. The van der Waals surface area contributed by atoms with Gasteiger partial charge < -0.3 is 9.47 Å². The summed E-state index contributed by atoms with van der Waals surface area (Å²) in [5.74, 6) is 1.26. The molecule has 1 atom stereocenters. The Morgan fingerprint density at radius 2 is 1.94 bits per heavy atom. The van der Waals surface area contributed by atoms with Crippen LogP contribution in [-0.4, -0.2) is 32.8 Å². The Hall–Kier alpha value is -3.19. The van der Waals surface area contributed by atoms with Gasteiger partial charge in [-0.2, -0.15) is 0 Å². The van der Waals surface area contributed by atoms with Gasteiger partial charge in [-0.05, 0) is 49.6 Å². The van der Waals surface area contributed by atoms with Gasteiger partial charge in [0.1, 0.15) is 23.6 Å².